The number of likely N-dealkylation sites (N-methyl/N-ethyl adjacent to an activating group) is 1. The molecule has 1 aromatic rings. The molecule has 1 fully saturated rings. The molecule has 0 saturated carbocycles. The Balaban J connectivity index is 1.86. The van der Waals surface area contributed by atoms with E-state index in [1.807, 2.05) is 7.05 Å². The molecule has 1 aliphatic heterocycles. The van der Waals surface area contributed by atoms with Gasteiger partial charge in [-0.1, -0.05) is 19.0 Å². The predicted molar refractivity (Wildman–Crippen MR) is 70.2 cm³/mol. The quantitative estimate of drug-likeness (QED) is 0.859. The molecule has 1 saturated heterocycles. The van der Waals surface area contributed by atoms with Crippen LogP contribution in [-0.2, 0) is 13.0 Å². The van der Waals surface area contributed by atoms with Crippen LogP contribution in [0.25, 0.3) is 0 Å². The van der Waals surface area contributed by atoms with E-state index < -0.39 is 0 Å². The van der Waals surface area contributed by atoms with E-state index >= 15 is 0 Å². The molecule has 102 valence electrons. The predicted octanol–water partition coefficient (Wildman–Crippen LogP) is 1.45. The number of piperidine rings is 1. The highest BCUT2D eigenvalue weighted by Crippen LogP contribution is 2.13. The molecule has 0 aromatic carbocycles. The van der Waals surface area contributed by atoms with Gasteiger partial charge in [0, 0.05) is 19.0 Å². The Kier molecular flexibility index (Phi) is 4.72. The summed E-state index contributed by atoms with van der Waals surface area (Å²) in [5.41, 5.74) is 0. The highest BCUT2D eigenvalue weighted by Gasteiger charge is 2.20. The molecule has 5 heteroatoms. The fourth-order valence-corrected chi connectivity index (χ4v) is 2.42. The second-order valence-corrected chi connectivity index (χ2v) is 5.57. The maximum atomic E-state index is 5.27. The molecule has 18 heavy (non-hydrogen) atoms. The molecule has 0 aliphatic carbocycles. The van der Waals surface area contributed by atoms with Crippen LogP contribution in [0, 0.1) is 5.92 Å². The summed E-state index contributed by atoms with van der Waals surface area (Å²) in [4.78, 5) is 6.85. The number of hydrogen-bond donors (Lipinski definition) is 1. The molecular weight excluding hydrogens is 228 g/mol. The van der Waals surface area contributed by atoms with Gasteiger partial charge in [0.1, 0.15) is 0 Å². The Morgan fingerprint density at radius 3 is 3.06 bits per heavy atom. The Bertz CT molecular complexity index is 364. The maximum absolute atomic E-state index is 5.27. The van der Waals surface area contributed by atoms with Crippen LogP contribution in [0.3, 0.4) is 0 Å². The van der Waals surface area contributed by atoms with Gasteiger partial charge >= 0.3 is 0 Å². The zero-order valence-electron chi connectivity index (χ0n) is 11.6. The van der Waals surface area contributed by atoms with Crippen LogP contribution in [0.2, 0.25) is 0 Å². The highest BCUT2D eigenvalue weighted by molar-refractivity contribution is 4.89. The van der Waals surface area contributed by atoms with Crippen molar-refractivity contribution in [2.24, 2.45) is 5.92 Å². The molecule has 0 radical (unpaired) electrons. The lowest BCUT2D eigenvalue weighted by Crippen LogP contribution is -2.44. The van der Waals surface area contributed by atoms with Crippen LogP contribution in [0.5, 0.6) is 0 Å². The van der Waals surface area contributed by atoms with E-state index in [4.69, 9.17) is 4.52 Å². The van der Waals surface area contributed by atoms with Crippen molar-refractivity contribution >= 4 is 0 Å². The molecule has 0 amide bonds. The second kappa shape index (κ2) is 6.29. The molecule has 1 atom stereocenters. The van der Waals surface area contributed by atoms with Crippen molar-refractivity contribution in [3.63, 3.8) is 0 Å². The maximum Gasteiger partial charge on any atom is 0.226 e. The van der Waals surface area contributed by atoms with E-state index in [1.165, 1.54) is 12.8 Å². The summed E-state index contributed by atoms with van der Waals surface area (Å²) in [6.45, 7) is 7.33. The SMILES string of the molecule is CNC1CCCN(Cc2noc(CC(C)C)n2)C1. The number of nitrogens with zero attached hydrogens (tertiary/aromatic N) is 3. The highest BCUT2D eigenvalue weighted by atomic mass is 16.5. The number of hydrogen-bond acceptors (Lipinski definition) is 5. The molecule has 0 bridgehead atoms. The largest absolute Gasteiger partial charge is 0.339 e. The van der Waals surface area contributed by atoms with Crippen molar-refractivity contribution in [1.82, 2.24) is 20.4 Å². The summed E-state index contributed by atoms with van der Waals surface area (Å²) >= 11 is 0. The molecule has 1 aromatic heterocycles. The monoisotopic (exact) mass is 252 g/mol. The van der Waals surface area contributed by atoms with Crippen LogP contribution in [-0.4, -0.2) is 41.2 Å². The van der Waals surface area contributed by atoms with Crippen molar-refractivity contribution in [3.8, 4) is 0 Å². The number of likely N-dealkylation sites (tertiary alicyclic amines) is 1. The summed E-state index contributed by atoms with van der Waals surface area (Å²) in [6, 6.07) is 0.598. The van der Waals surface area contributed by atoms with Crippen LogP contribution in [0.1, 0.15) is 38.4 Å². The van der Waals surface area contributed by atoms with E-state index in [9.17, 15) is 0 Å². The first-order valence-electron chi connectivity index (χ1n) is 6.88. The zero-order chi connectivity index (χ0) is 13.0. The Morgan fingerprint density at radius 1 is 1.50 bits per heavy atom. The number of nitrogens with one attached hydrogen (secondary N) is 1. The minimum absolute atomic E-state index is 0.557. The van der Waals surface area contributed by atoms with Crippen LogP contribution in [0.4, 0.5) is 0 Å². The van der Waals surface area contributed by atoms with Crippen LogP contribution in [0.15, 0.2) is 4.52 Å². The molecule has 2 heterocycles. The number of rotatable bonds is 5. The third-order valence-corrected chi connectivity index (χ3v) is 3.37. The molecule has 2 rings (SSSR count). The van der Waals surface area contributed by atoms with Gasteiger partial charge in [-0.25, -0.2) is 0 Å². The van der Waals surface area contributed by atoms with Gasteiger partial charge in [0.05, 0.1) is 6.54 Å². The van der Waals surface area contributed by atoms with Crippen molar-refractivity contribution in [2.75, 3.05) is 20.1 Å². The Morgan fingerprint density at radius 2 is 2.33 bits per heavy atom. The second-order valence-electron chi connectivity index (χ2n) is 5.57. The third-order valence-electron chi connectivity index (χ3n) is 3.37. The minimum atomic E-state index is 0.557. The van der Waals surface area contributed by atoms with Gasteiger partial charge in [0.25, 0.3) is 0 Å². The van der Waals surface area contributed by atoms with Crippen molar-refractivity contribution in [2.45, 2.75) is 45.7 Å². The van der Waals surface area contributed by atoms with Gasteiger partial charge in [-0.3, -0.25) is 4.90 Å². The van der Waals surface area contributed by atoms with Gasteiger partial charge in [-0.15, -0.1) is 0 Å². The minimum Gasteiger partial charge on any atom is -0.339 e. The lowest BCUT2D eigenvalue weighted by molar-refractivity contribution is 0.182. The normalized spacial score (nSPS) is 21.7. The summed E-state index contributed by atoms with van der Waals surface area (Å²) < 4.78 is 5.27. The first-order chi connectivity index (χ1) is 8.67. The van der Waals surface area contributed by atoms with Crippen LogP contribution < -0.4 is 5.32 Å². The van der Waals surface area contributed by atoms with Gasteiger partial charge in [-0.05, 0) is 32.4 Å². The lowest BCUT2D eigenvalue weighted by atomic mass is 10.1. The van der Waals surface area contributed by atoms with Gasteiger partial charge in [-0.2, -0.15) is 4.98 Å². The Hall–Kier alpha value is -0.940. The lowest BCUT2D eigenvalue weighted by Gasteiger charge is -2.31. The molecule has 1 aliphatic rings. The topological polar surface area (TPSA) is 54.2 Å². The van der Waals surface area contributed by atoms with E-state index in [0.29, 0.717) is 12.0 Å². The van der Waals surface area contributed by atoms with Gasteiger partial charge in [0.2, 0.25) is 5.89 Å². The fourth-order valence-electron chi connectivity index (χ4n) is 2.42. The van der Waals surface area contributed by atoms with Gasteiger partial charge < -0.3 is 9.84 Å². The van der Waals surface area contributed by atoms with E-state index in [2.05, 4.69) is 34.2 Å². The van der Waals surface area contributed by atoms with Crippen LogP contribution >= 0.6 is 0 Å². The summed E-state index contributed by atoms with van der Waals surface area (Å²) in [7, 11) is 2.03. The molecule has 0 spiro atoms. The molecule has 5 nitrogen and oxygen atoms in total. The molecule has 1 unspecified atom stereocenters. The summed E-state index contributed by atoms with van der Waals surface area (Å²) in [5.74, 6) is 2.14. The average molecular weight is 252 g/mol. The van der Waals surface area contributed by atoms with E-state index in [0.717, 1.165) is 37.8 Å². The zero-order valence-corrected chi connectivity index (χ0v) is 11.6. The first kappa shape index (κ1) is 13.5. The summed E-state index contributed by atoms with van der Waals surface area (Å²) in [5, 5.41) is 7.41. The standard InChI is InChI=1S/C13H24N4O/c1-10(2)7-13-15-12(16-18-13)9-17-6-4-5-11(8-17)14-3/h10-11,14H,4-9H2,1-3H3. The smallest absolute Gasteiger partial charge is 0.226 e. The van der Waals surface area contributed by atoms with Crippen molar-refractivity contribution < 1.29 is 4.52 Å². The average Bonchev–Trinajstić information content (AvgIpc) is 2.76. The first-order valence-corrected chi connectivity index (χ1v) is 6.88. The summed E-state index contributed by atoms with van der Waals surface area (Å²) in [6.07, 6.45) is 3.37. The van der Waals surface area contributed by atoms with E-state index in [1.54, 1.807) is 0 Å². The van der Waals surface area contributed by atoms with E-state index in [-0.39, 0.29) is 0 Å². The van der Waals surface area contributed by atoms with Crippen molar-refractivity contribution in [1.29, 1.82) is 0 Å². The van der Waals surface area contributed by atoms with Crippen molar-refractivity contribution in [3.05, 3.63) is 11.7 Å². The molecular formula is C13H24N4O. The Labute approximate surface area is 109 Å². The van der Waals surface area contributed by atoms with Gasteiger partial charge in [0.15, 0.2) is 5.82 Å². The fraction of sp³-hybridized carbons (Fsp3) is 0.846. The number of aromatic nitrogens is 2. The molecule has 1 N–H and O–H groups in total. The third kappa shape index (κ3) is 3.78.